The van der Waals surface area contributed by atoms with Gasteiger partial charge in [0, 0.05) is 22.9 Å². The molecule has 134 valence electrons. The van der Waals surface area contributed by atoms with E-state index in [0.717, 1.165) is 16.3 Å². The molecule has 0 bridgehead atoms. The molecule has 1 saturated carbocycles. The maximum atomic E-state index is 13.4. The monoisotopic (exact) mass is 415 g/mol. The summed E-state index contributed by atoms with van der Waals surface area (Å²) in [5.74, 6) is -1.43. The first-order valence-electron chi connectivity index (χ1n) is 8.34. The molecule has 0 radical (unpaired) electrons. The zero-order chi connectivity index (χ0) is 17.8. The van der Waals surface area contributed by atoms with Crippen molar-refractivity contribution in [3.05, 3.63) is 34.5 Å². The second-order valence-corrected chi connectivity index (χ2v) is 8.03. The van der Waals surface area contributed by atoms with Gasteiger partial charge in [-0.25, -0.2) is 0 Å². The lowest BCUT2D eigenvalue weighted by atomic mass is 9.58. The number of furan rings is 1. The SMILES string of the molecule is O=C(c1cc2cc(Br)ccc2o1)N1CCC(C(F)(F)F)C2(CCC2)C1. The normalized spacial score (nSPS) is 23.0. The highest BCUT2D eigenvalue weighted by Crippen LogP contribution is 2.56. The van der Waals surface area contributed by atoms with Crippen molar-refractivity contribution in [2.45, 2.75) is 31.9 Å². The van der Waals surface area contributed by atoms with Crippen LogP contribution in [0.15, 0.2) is 33.2 Å². The minimum atomic E-state index is -4.19. The zero-order valence-corrected chi connectivity index (χ0v) is 15.0. The maximum Gasteiger partial charge on any atom is 0.392 e. The highest BCUT2D eigenvalue weighted by molar-refractivity contribution is 9.10. The predicted octanol–water partition coefficient (Wildman–Crippen LogP) is 5.39. The second kappa shape index (κ2) is 5.76. The Balaban J connectivity index is 1.58. The molecule has 1 aliphatic carbocycles. The van der Waals surface area contributed by atoms with E-state index in [9.17, 15) is 18.0 Å². The Morgan fingerprint density at radius 1 is 1.28 bits per heavy atom. The first-order valence-corrected chi connectivity index (χ1v) is 9.13. The first-order chi connectivity index (χ1) is 11.8. The Hall–Kier alpha value is -1.50. The number of hydrogen-bond acceptors (Lipinski definition) is 2. The number of halogens is 4. The molecule has 2 fully saturated rings. The Morgan fingerprint density at radius 2 is 2.04 bits per heavy atom. The van der Waals surface area contributed by atoms with Crippen molar-refractivity contribution in [1.29, 1.82) is 0 Å². The third-order valence-electron chi connectivity index (χ3n) is 5.65. The number of likely N-dealkylation sites (tertiary alicyclic amines) is 1. The third-order valence-corrected chi connectivity index (χ3v) is 6.15. The molecule has 3 nitrogen and oxygen atoms in total. The Morgan fingerprint density at radius 3 is 2.68 bits per heavy atom. The number of hydrogen-bond donors (Lipinski definition) is 0. The fourth-order valence-corrected chi connectivity index (χ4v) is 4.64. The summed E-state index contributed by atoms with van der Waals surface area (Å²) in [6, 6.07) is 7.09. The van der Waals surface area contributed by atoms with Gasteiger partial charge in [-0.15, -0.1) is 0 Å². The fraction of sp³-hybridized carbons (Fsp3) is 0.500. The number of nitrogens with zero attached hydrogens (tertiary/aromatic N) is 1. The minimum Gasteiger partial charge on any atom is -0.451 e. The maximum absolute atomic E-state index is 13.4. The number of carbonyl (C=O) groups excluding carboxylic acids is 1. The van der Waals surface area contributed by atoms with Crippen molar-refractivity contribution >= 4 is 32.8 Å². The average molecular weight is 416 g/mol. The average Bonchev–Trinajstić information content (AvgIpc) is 2.94. The molecule has 2 aliphatic rings. The number of piperidine rings is 1. The van der Waals surface area contributed by atoms with Gasteiger partial charge in [0.2, 0.25) is 0 Å². The van der Waals surface area contributed by atoms with E-state index in [1.807, 2.05) is 12.1 Å². The molecule has 0 N–H and O–H groups in total. The second-order valence-electron chi connectivity index (χ2n) is 7.12. The molecule has 1 aromatic carbocycles. The molecule has 2 aromatic rings. The smallest absolute Gasteiger partial charge is 0.392 e. The molecule has 1 aliphatic heterocycles. The van der Waals surface area contributed by atoms with Crippen molar-refractivity contribution in [3.63, 3.8) is 0 Å². The van der Waals surface area contributed by atoms with Gasteiger partial charge in [0.15, 0.2) is 5.76 Å². The van der Waals surface area contributed by atoms with Crippen molar-refractivity contribution in [2.75, 3.05) is 13.1 Å². The van der Waals surface area contributed by atoms with Gasteiger partial charge >= 0.3 is 6.18 Å². The van der Waals surface area contributed by atoms with Crippen molar-refractivity contribution in [3.8, 4) is 0 Å². The van der Waals surface area contributed by atoms with Gasteiger partial charge < -0.3 is 9.32 Å². The number of amides is 1. The van der Waals surface area contributed by atoms with Gasteiger partial charge in [0.1, 0.15) is 5.58 Å². The predicted molar refractivity (Wildman–Crippen MR) is 90.3 cm³/mol. The first kappa shape index (κ1) is 16.9. The van der Waals surface area contributed by atoms with Crippen molar-refractivity contribution < 1.29 is 22.4 Å². The molecule has 4 rings (SSSR count). The standard InChI is InChI=1S/C18H17BrF3NO2/c19-12-2-3-13-11(8-12)9-14(25-13)16(24)23-7-4-15(18(20,21)22)17(10-23)5-1-6-17/h2-3,8-9,15H,1,4-7,10H2. The summed E-state index contributed by atoms with van der Waals surface area (Å²) in [5, 5.41) is 0.793. The molecule has 1 aromatic heterocycles. The van der Waals surface area contributed by atoms with Crippen LogP contribution in [-0.4, -0.2) is 30.1 Å². The molecule has 1 spiro atoms. The Kier molecular flexibility index (Phi) is 3.90. The number of fused-ring (bicyclic) bond motifs is 1. The molecule has 1 amide bonds. The topological polar surface area (TPSA) is 33.5 Å². The number of rotatable bonds is 1. The van der Waals surface area contributed by atoms with E-state index in [1.54, 1.807) is 12.1 Å². The number of alkyl halides is 3. The van der Waals surface area contributed by atoms with Crippen LogP contribution < -0.4 is 0 Å². The summed E-state index contributed by atoms with van der Waals surface area (Å²) in [6.07, 6.45) is -2.35. The molecule has 1 saturated heterocycles. The van der Waals surface area contributed by atoms with Crippen LogP contribution >= 0.6 is 15.9 Å². The molecule has 1 atom stereocenters. The fourth-order valence-electron chi connectivity index (χ4n) is 4.26. The van der Waals surface area contributed by atoms with E-state index in [-0.39, 0.29) is 31.2 Å². The summed E-state index contributed by atoms with van der Waals surface area (Å²) in [7, 11) is 0. The van der Waals surface area contributed by atoms with E-state index in [2.05, 4.69) is 15.9 Å². The van der Waals surface area contributed by atoms with Crippen LogP contribution in [0.1, 0.15) is 36.2 Å². The minimum absolute atomic E-state index is 0.0268. The van der Waals surface area contributed by atoms with Crippen LogP contribution in [0.5, 0.6) is 0 Å². The molecule has 7 heteroatoms. The van der Waals surface area contributed by atoms with Gasteiger partial charge in [0.25, 0.3) is 5.91 Å². The lowest BCUT2D eigenvalue weighted by Gasteiger charge is -2.53. The van der Waals surface area contributed by atoms with Crippen molar-refractivity contribution in [1.82, 2.24) is 4.90 Å². The summed E-state index contributed by atoms with van der Waals surface area (Å²) in [6.45, 7) is 0.280. The summed E-state index contributed by atoms with van der Waals surface area (Å²) in [5.41, 5.74) is -0.212. The van der Waals surface area contributed by atoms with Gasteiger partial charge in [-0.1, -0.05) is 22.4 Å². The van der Waals surface area contributed by atoms with E-state index in [0.29, 0.717) is 18.4 Å². The molecular weight excluding hydrogens is 399 g/mol. The number of benzene rings is 1. The highest BCUT2D eigenvalue weighted by atomic mass is 79.9. The van der Waals surface area contributed by atoms with Crippen molar-refractivity contribution in [2.24, 2.45) is 11.3 Å². The van der Waals surface area contributed by atoms with Crippen LogP contribution in [-0.2, 0) is 0 Å². The molecule has 2 heterocycles. The van der Waals surface area contributed by atoms with Gasteiger partial charge in [-0.3, -0.25) is 4.79 Å². The third kappa shape index (κ3) is 2.86. The van der Waals surface area contributed by atoms with E-state index in [1.165, 1.54) is 4.90 Å². The van der Waals surface area contributed by atoms with Crippen LogP contribution in [0, 0.1) is 11.3 Å². The van der Waals surface area contributed by atoms with Gasteiger partial charge in [-0.2, -0.15) is 13.2 Å². The lowest BCUT2D eigenvalue weighted by Crippen LogP contribution is -2.57. The summed E-state index contributed by atoms with van der Waals surface area (Å²) < 4.78 is 46.6. The Bertz CT molecular complexity index is 825. The summed E-state index contributed by atoms with van der Waals surface area (Å²) in [4.78, 5) is 14.3. The zero-order valence-electron chi connectivity index (χ0n) is 13.4. The quantitative estimate of drug-likeness (QED) is 0.625. The van der Waals surface area contributed by atoms with E-state index >= 15 is 0 Å². The lowest BCUT2D eigenvalue weighted by molar-refractivity contribution is -0.235. The molecule has 25 heavy (non-hydrogen) atoms. The molecular formula is C18H17BrF3NO2. The van der Waals surface area contributed by atoms with E-state index in [4.69, 9.17) is 4.42 Å². The van der Waals surface area contributed by atoms with E-state index < -0.39 is 17.5 Å². The molecule has 1 unspecified atom stereocenters. The highest BCUT2D eigenvalue weighted by Gasteiger charge is 2.58. The van der Waals surface area contributed by atoms with Crippen LogP contribution in [0.3, 0.4) is 0 Å². The van der Waals surface area contributed by atoms with Gasteiger partial charge in [-0.05, 0) is 48.9 Å². The van der Waals surface area contributed by atoms with Crippen LogP contribution in [0.4, 0.5) is 13.2 Å². The van der Waals surface area contributed by atoms with Crippen LogP contribution in [0.25, 0.3) is 11.0 Å². The number of carbonyl (C=O) groups is 1. The largest absolute Gasteiger partial charge is 0.451 e. The Labute approximate surface area is 151 Å². The van der Waals surface area contributed by atoms with Crippen LogP contribution in [0.2, 0.25) is 0 Å². The summed E-state index contributed by atoms with van der Waals surface area (Å²) >= 11 is 3.37. The van der Waals surface area contributed by atoms with Gasteiger partial charge in [0.05, 0.1) is 5.92 Å².